The van der Waals surface area contributed by atoms with Crippen LogP contribution in [0.5, 0.6) is 5.75 Å². The maximum absolute atomic E-state index is 14.2. The summed E-state index contributed by atoms with van der Waals surface area (Å²) in [7, 11) is 0. The van der Waals surface area contributed by atoms with Crippen LogP contribution in [0.1, 0.15) is 42.6 Å². The van der Waals surface area contributed by atoms with Gasteiger partial charge in [-0.3, -0.25) is 4.90 Å². The summed E-state index contributed by atoms with van der Waals surface area (Å²) in [4.78, 5) is 2.25. The average molecular weight is 388 g/mol. The van der Waals surface area contributed by atoms with E-state index >= 15 is 0 Å². The van der Waals surface area contributed by atoms with Gasteiger partial charge >= 0.3 is 0 Å². The molecule has 0 bridgehead atoms. The highest BCUT2D eigenvalue weighted by atomic mass is 19.1. The summed E-state index contributed by atoms with van der Waals surface area (Å²) < 4.78 is 39.7. The Morgan fingerprint density at radius 3 is 2.82 bits per heavy atom. The molecule has 4 nitrogen and oxygen atoms in total. The molecule has 0 saturated carbocycles. The van der Waals surface area contributed by atoms with Crippen LogP contribution in [0.4, 0.5) is 8.78 Å². The number of halogens is 2. The molecular weight excluding hydrogens is 362 g/mol. The zero-order chi connectivity index (χ0) is 19.7. The van der Waals surface area contributed by atoms with Crippen LogP contribution in [0.25, 0.3) is 0 Å². The van der Waals surface area contributed by atoms with E-state index in [9.17, 15) is 8.78 Å². The number of hydrogen-bond acceptors (Lipinski definition) is 4. The standard InChI is InChI=1S/C22H26F2N2O2/c1-14(2)28-22-6-4-3-5-16(22)20-11-26(8-7-25-20)21-13-27-12-18-17(21)9-15(23)10-19(18)24/h3-6,9-10,14,20-21,25H,7-8,11-13H2,1-2H3/t20-,21+/m0/s1. The van der Waals surface area contributed by atoms with Crippen LogP contribution in [-0.2, 0) is 11.3 Å². The Balaban J connectivity index is 1.60. The Labute approximate surface area is 164 Å². The molecule has 2 aliphatic rings. The number of fused-ring (bicyclic) bond motifs is 1. The van der Waals surface area contributed by atoms with Crippen molar-refractivity contribution < 1.29 is 18.3 Å². The van der Waals surface area contributed by atoms with Crippen molar-refractivity contribution in [1.82, 2.24) is 10.2 Å². The number of para-hydroxylation sites is 1. The van der Waals surface area contributed by atoms with Gasteiger partial charge in [-0.05, 0) is 31.5 Å². The Morgan fingerprint density at radius 1 is 1.18 bits per heavy atom. The van der Waals surface area contributed by atoms with E-state index in [1.54, 1.807) is 0 Å². The second-order valence-corrected chi connectivity index (χ2v) is 7.69. The minimum Gasteiger partial charge on any atom is -0.491 e. The lowest BCUT2D eigenvalue weighted by Crippen LogP contribution is -2.49. The Hall–Kier alpha value is -2.02. The molecule has 1 N–H and O–H groups in total. The molecule has 6 heteroatoms. The molecule has 2 aliphatic heterocycles. The first-order chi connectivity index (χ1) is 13.5. The predicted octanol–water partition coefficient (Wildman–Crippen LogP) is 3.97. The van der Waals surface area contributed by atoms with Gasteiger partial charge in [-0.2, -0.15) is 0 Å². The largest absolute Gasteiger partial charge is 0.491 e. The molecule has 4 rings (SSSR count). The van der Waals surface area contributed by atoms with Crippen molar-refractivity contribution in [2.75, 3.05) is 26.2 Å². The number of nitrogens with zero attached hydrogens (tertiary/aromatic N) is 1. The minimum absolute atomic E-state index is 0.0764. The van der Waals surface area contributed by atoms with Gasteiger partial charge in [-0.15, -0.1) is 0 Å². The molecule has 0 spiro atoms. The highest BCUT2D eigenvalue weighted by Gasteiger charge is 2.33. The number of ether oxygens (including phenoxy) is 2. The molecule has 2 aromatic carbocycles. The van der Waals surface area contributed by atoms with Gasteiger partial charge in [0.2, 0.25) is 0 Å². The summed E-state index contributed by atoms with van der Waals surface area (Å²) in [6.45, 7) is 6.93. The molecule has 2 heterocycles. The quantitative estimate of drug-likeness (QED) is 0.859. The summed E-state index contributed by atoms with van der Waals surface area (Å²) in [6.07, 6.45) is 0.0883. The Morgan fingerprint density at radius 2 is 2.00 bits per heavy atom. The molecule has 0 aromatic heterocycles. The van der Waals surface area contributed by atoms with Gasteiger partial charge in [-0.25, -0.2) is 8.78 Å². The summed E-state index contributed by atoms with van der Waals surface area (Å²) in [5, 5.41) is 3.55. The molecule has 0 aliphatic carbocycles. The molecule has 0 unspecified atom stereocenters. The van der Waals surface area contributed by atoms with Crippen molar-refractivity contribution in [2.45, 2.75) is 38.6 Å². The SMILES string of the molecule is CC(C)Oc1ccccc1[C@@H]1CN([C@@H]2COCc3c(F)cc(F)cc32)CCN1. The van der Waals surface area contributed by atoms with E-state index in [4.69, 9.17) is 9.47 Å². The van der Waals surface area contributed by atoms with E-state index in [-0.39, 0.29) is 24.8 Å². The van der Waals surface area contributed by atoms with Crippen LogP contribution in [0.3, 0.4) is 0 Å². The van der Waals surface area contributed by atoms with Crippen LogP contribution < -0.4 is 10.1 Å². The van der Waals surface area contributed by atoms with Crippen molar-refractivity contribution >= 4 is 0 Å². The Bertz CT molecular complexity index is 843. The molecule has 150 valence electrons. The third-order valence-corrected chi connectivity index (χ3v) is 5.38. The molecule has 2 atom stereocenters. The van der Waals surface area contributed by atoms with Crippen LogP contribution in [0.15, 0.2) is 36.4 Å². The number of rotatable bonds is 4. The zero-order valence-corrected chi connectivity index (χ0v) is 16.3. The summed E-state index contributed by atoms with van der Waals surface area (Å²) in [5.74, 6) is -0.193. The summed E-state index contributed by atoms with van der Waals surface area (Å²) >= 11 is 0. The van der Waals surface area contributed by atoms with Crippen LogP contribution >= 0.6 is 0 Å². The molecular formula is C22H26F2N2O2. The maximum atomic E-state index is 14.2. The lowest BCUT2D eigenvalue weighted by molar-refractivity contribution is 0.0185. The molecule has 0 amide bonds. The number of benzene rings is 2. The molecule has 2 aromatic rings. The average Bonchev–Trinajstić information content (AvgIpc) is 2.67. The van der Waals surface area contributed by atoms with E-state index in [2.05, 4.69) is 16.3 Å². The van der Waals surface area contributed by atoms with Crippen LogP contribution in [-0.4, -0.2) is 37.2 Å². The van der Waals surface area contributed by atoms with Crippen molar-refractivity contribution in [3.63, 3.8) is 0 Å². The van der Waals surface area contributed by atoms with E-state index in [0.717, 1.165) is 30.5 Å². The fourth-order valence-electron chi connectivity index (χ4n) is 4.13. The first-order valence-electron chi connectivity index (χ1n) is 9.81. The molecule has 0 radical (unpaired) electrons. The highest BCUT2D eigenvalue weighted by Crippen LogP contribution is 2.35. The van der Waals surface area contributed by atoms with Gasteiger partial charge in [0.05, 0.1) is 25.4 Å². The van der Waals surface area contributed by atoms with Gasteiger partial charge in [0.25, 0.3) is 0 Å². The van der Waals surface area contributed by atoms with E-state index < -0.39 is 11.6 Å². The van der Waals surface area contributed by atoms with E-state index in [1.165, 1.54) is 6.07 Å². The monoisotopic (exact) mass is 388 g/mol. The smallest absolute Gasteiger partial charge is 0.131 e. The zero-order valence-electron chi connectivity index (χ0n) is 16.3. The summed E-state index contributed by atoms with van der Waals surface area (Å²) in [6, 6.07) is 10.3. The maximum Gasteiger partial charge on any atom is 0.131 e. The van der Waals surface area contributed by atoms with Gasteiger partial charge < -0.3 is 14.8 Å². The highest BCUT2D eigenvalue weighted by molar-refractivity contribution is 5.37. The lowest BCUT2D eigenvalue weighted by Gasteiger charge is -2.41. The molecule has 1 saturated heterocycles. The fraction of sp³-hybridized carbons (Fsp3) is 0.455. The third kappa shape index (κ3) is 3.90. The van der Waals surface area contributed by atoms with E-state index in [1.807, 2.05) is 32.0 Å². The Kier molecular flexibility index (Phi) is 5.62. The van der Waals surface area contributed by atoms with Gasteiger partial charge in [0.15, 0.2) is 0 Å². The van der Waals surface area contributed by atoms with Gasteiger partial charge in [-0.1, -0.05) is 18.2 Å². The molecule has 1 fully saturated rings. The van der Waals surface area contributed by atoms with E-state index in [0.29, 0.717) is 24.3 Å². The van der Waals surface area contributed by atoms with Crippen molar-refractivity contribution in [2.24, 2.45) is 0 Å². The van der Waals surface area contributed by atoms with Crippen LogP contribution in [0, 0.1) is 11.6 Å². The number of nitrogens with one attached hydrogen (secondary N) is 1. The second kappa shape index (κ2) is 8.15. The van der Waals surface area contributed by atoms with Gasteiger partial charge in [0.1, 0.15) is 17.4 Å². The lowest BCUT2D eigenvalue weighted by atomic mass is 9.95. The number of hydrogen-bond donors (Lipinski definition) is 1. The normalized spacial score (nSPS) is 22.9. The van der Waals surface area contributed by atoms with Crippen LogP contribution in [0.2, 0.25) is 0 Å². The van der Waals surface area contributed by atoms with Gasteiger partial charge in [0, 0.05) is 42.9 Å². The summed E-state index contributed by atoms with van der Waals surface area (Å²) in [5.41, 5.74) is 2.27. The predicted molar refractivity (Wildman–Crippen MR) is 103 cm³/mol. The first kappa shape index (κ1) is 19.3. The number of piperazine rings is 1. The molecule has 28 heavy (non-hydrogen) atoms. The first-order valence-corrected chi connectivity index (χ1v) is 9.81. The van der Waals surface area contributed by atoms with Crippen molar-refractivity contribution in [3.05, 3.63) is 64.7 Å². The van der Waals surface area contributed by atoms with Crippen molar-refractivity contribution in [3.8, 4) is 5.75 Å². The minimum atomic E-state index is -0.537. The second-order valence-electron chi connectivity index (χ2n) is 7.69. The van der Waals surface area contributed by atoms with Crippen molar-refractivity contribution in [1.29, 1.82) is 0 Å². The fourth-order valence-corrected chi connectivity index (χ4v) is 4.13. The third-order valence-electron chi connectivity index (χ3n) is 5.38. The topological polar surface area (TPSA) is 33.7 Å².